The number of furan rings is 1. The number of benzene rings is 1. The largest absolute Gasteiger partial charge is 0.462 e. The van der Waals surface area contributed by atoms with Crippen molar-refractivity contribution in [3.05, 3.63) is 90.0 Å². The molecular formula is C19H15N3O3S. The molecule has 7 heteroatoms. The first-order chi connectivity index (χ1) is 12.5. The molecule has 130 valence electrons. The summed E-state index contributed by atoms with van der Waals surface area (Å²) in [7, 11) is 0. The zero-order valence-electron chi connectivity index (χ0n) is 14.2. The number of hydrogen-bond donors (Lipinski definition) is 0. The molecule has 0 saturated heterocycles. The van der Waals surface area contributed by atoms with Gasteiger partial charge in [0.15, 0.2) is 0 Å². The highest BCUT2D eigenvalue weighted by molar-refractivity contribution is 7.15. The molecule has 0 aliphatic heterocycles. The molecule has 0 amide bonds. The van der Waals surface area contributed by atoms with E-state index in [-0.39, 0.29) is 16.2 Å². The molecule has 0 spiro atoms. The van der Waals surface area contributed by atoms with Crippen LogP contribution in [0.5, 0.6) is 0 Å². The molecule has 0 aliphatic rings. The molecule has 0 unspecified atom stereocenters. The van der Waals surface area contributed by atoms with Crippen LogP contribution in [0.1, 0.15) is 28.3 Å². The molecule has 3 aromatic heterocycles. The van der Waals surface area contributed by atoms with Crippen LogP contribution in [0.3, 0.4) is 0 Å². The molecule has 0 aliphatic carbocycles. The molecule has 0 N–H and O–H groups in total. The van der Waals surface area contributed by atoms with Gasteiger partial charge in [0.1, 0.15) is 21.7 Å². The van der Waals surface area contributed by atoms with Gasteiger partial charge in [-0.15, -0.1) is 0 Å². The third kappa shape index (κ3) is 3.09. The number of hydrogen-bond acceptors (Lipinski definition) is 6. The molecule has 4 aromatic rings. The van der Waals surface area contributed by atoms with E-state index in [9.17, 15) is 9.59 Å². The van der Waals surface area contributed by atoms with Crippen molar-refractivity contribution in [3.63, 3.8) is 0 Å². The van der Waals surface area contributed by atoms with Gasteiger partial charge in [-0.3, -0.25) is 9.59 Å². The third-order valence-corrected chi connectivity index (χ3v) is 4.94. The number of thiazole rings is 1. The summed E-state index contributed by atoms with van der Waals surface area (Å²) in [6.07, 6.45) is 1.97. The molecule has 6 nitrogen and oxygen atoms in total. The number of fused-ring (bicyclic) bond motifs is 1. The quantitative estimate of drug-likeness (QED) is 0.554. The van der Waals surface area contributed by atoms with Crippen molar-refractivity contribution in [1.29, 1.82) is 0 Å². The molecule has 0 saturated carbocycles. The predicted molar refractivity (Wildman–Crippen MR) is 99.6 cm³/mol. The SMILES string of the molecule is Cc1ccc(Cc2nn3c(=O)/c(=C\c4ccc(C)o4)sc3nc2=O)cc1. The summed E-state index contributed by atoms with van der Waals surface area (Å²) in [5.74, 6) is 1.34. The Balaban J connectivity index is 1.80. The Kier molecular flexibility index (Phi) is 4.00. The number of aromatic nitrogens is 3. The van der Waals surface area contributed by atoms with Crippen LogP contribution in [0.2, 0.25) is 0 Å². The molecule has 1 aromatic carbocycles. The normalized spacial score (nSPS) is 12.2. The second kappa shape index (κ2) is 6.34. The van der Waals surface area contributed by atoms with Gasteiger partial charge in [0.05, 0.1) is 0 Å². The van der Waals surface area contributed by atoms with Crippen molar-refractivity contribution in [2.45, 2.75) is 20.3 Å². The van der Waals surface area contributed by atoms with Crippen molar-refractivity contribution in [1.82, 2.24) is 14.6 Å². The molecule has 0 atom stereocenters. The van der Waals surface area contributed by atoms with E-state index in [1.807, 2.05) is 44.2 Å². The fourth-order valence-electron chi connectivity index (χ4n) is 2.61. The van der Waals surface area contributed by atoms with Gasteiger partial charge >= 0.3 is 0 Å². The third-order valence-electron chi connectivity index (χ3n) is 3.98. The van der Waals surface area contributed by atoms with Crippen LogP contribution >= 0.6 is 11.3 Å². The van der Waals surface area contributed by atoms with Gasteiger partial charge in [-0.2, -0.15) is 14.6 Å². The minimum atomic E-state index is -0.410. The number of rotatable bonds is 3. The smallest absolute Gasteiger partial charge is 0.296 e. The van der Waals surface area contributed by atoms with Crippen LogP contribution in [-0.4, -0.2) is 14.6 Å². The lowest BCUT2D eigenvalue weighted by atomic mass is 10.1. The van der Waals surface area contributed by atoms with Crippen molar-refractivity contribution in [2.24, 2.45) is 0 Å². The highest BCUT2D eigenvalue weighted by atomic mass is 32.1. The Morgan fingerprint density at radius 3 is 2.58 bits per heavy atom. The zero-order valence-corrected chi connectivity index (χ0v) is 15.0. The topological polar surface area (TPSA) is 77.5 Å². The van der Waals surface area contributed by atoms with E-state index in [4.69, 9.17) is 4.42 Å². The Labute approximate surface area is 152 Å². The summed E-state index contributed by atoms with van der Waals surface area (Å²) >= 11 is 1.12. The number of aryl methyl sites for hydroxylation is 2. The molecule has 0 fully saturated rings. The van der Waals surface area contributed by atoms with E-state index in [0.717, 1.165) is 28.2 Å². The fourth-order valence-corrected chi connectivity index (χ4v) is 3.50. The van der Waals surface area contributed by atoms with Gasteiger partial charge in [0.25, 0.3) is 11.1 Å². The maximum Gasteiger partial charge on any atom is 0.296 e. The van der Waals surface area contributed by atoms with Gasteiger partial charge in [-0.25, -0.2) is 0 Å². The maximum atomic E-state index is 12.6. The van der Waals surface area contributed by atoms with Crippen LogP contribution in [0, 0.1) is 13.8 Å². The summed E-state index contributed by atoms with van der Waals surface area (Å²) in [6, 6.07) is 11.4. The van der Waals surface area contributed by atoms with Gasteiger partial charge in [-0.1, -0.05) is 41.2 Å². The fraction of sp³-hybridized carbons (Fsp3) is 0.158. The minimum absolute atomic E-state index is 0.252. The highest BCUT2D eigenvalue weighted by Gasteiger charge is 2.12. The van der Waals surface area contributed by atoms with Gasteiger partial charge in [0.2, 0.25) is 4.96 Å². The van der Waals surface area contributed by atoms with E-state index in [2.05, 4.69) is 10.1 Å². The van der Waals surface area contributed by atoms with E-state index < -0.39 is 5.56 Å². The highest BCUT2D eigenvalue weighted by Crippen LogP contribution is 2.08. The lowest BCUT2D eigenvalue weighted by molar-refractivity contribution is 0.525. The Morgan fingerprint density at radius 2 is 1.88 bits per heavy atom. The second-order valence-electron chi connectivity index (χ2n) is 6.08. The maximum absolute atomic E-state index is 12.6. The summed E-state index contributed by atoms with van der Waals surface area (Å²) in [6.45, 7) is 3.83. The van der Waals surface area contributed by atoms with E-state index in [1.54, 1.807) is 12.1 Å². The number of nitrogens with zero attached hydrogens (tertiary/aromatic N) is 3. The predicted octanol–water partition coefficient (Wildman–Crippen LogP) is 1.86. The van der Waals surface area contributed by atoms with Gasteiger partial charge < -0.3 is 4.42 Å². The van der Waals surface area contributed by atoms with Crippen molar-refractivity contribution in [3.8, 4) is 0 Å². The monoisotopic (exact) mass is 365 g/mol. The van der Waals surface area contributed by atoms with Crippen LogP contribution < -0.4 is 15.7 Å². The summed E-state index contributed by atoms with van der Waals surface area (Å²) in [5.41, 5.74) is 1.62. The summed E-state index contributed by atoms with van der Waals surface area (Å²) in [4.78, 5) is 29.2. The van der Waals surface area contributed by atoms with Crippen LogP contribution in [0.25, 0.3) is 11.0 Å². The Morgan fingerprint density at radius 1 is 1.12 bits per heavy atom. The lowest BCUT2D eigenvalue weighted by Crippen LogP contribution is -2.28. The van der Waals surface area contributed by atoms with E-state index in [0.29, 0.717) is 16.7 Å². The standard InChI is InChI=1S/C19H15N3O3S/c1-11-3-6-13(7-4-11)9-15-17(23)20-19-22(21-15)18(24)16(26-19)10-14-8-5-12(2)25-14/h3-8,10H,9H2,1-2H3/b16-10+. The molecule has 0 radical (unpaired) electrons. The second-order valence-corrected chi connectivity index (χ2v) is 7.09. The van der Waals surface area contributed by atoms with Gasteiger partial charge in [-0.05, 0) is 31.5 Å². The van der Waals surface area contributed by atoms with Crippen LogP contribution in [-0.2, 0) is 6.42 Å². The van der Waals surface area contributed by atoms with Crippen molar-refractivity contribution in [2.75, 3.05) is 0 Å². The minimum Gasteiger partial charge on any atom is -0.462 e. The Bertz CT molecular complexity index is 1270. The zero-order chi connectivity index (χ0) is 18.3. The molecule has 26 heavy (non-hydrogen) atoms. The summed E-state index contributed by atoms with van der Waals surface area (Å²) in [5, 5.41) is 4.25. The molecule has 4 rings (SSSR count). The molecule has 0 bridgehead atoms. The van der Waals surface area contributed by atoms with E-state index in [1.165, 1.54) is 4.52 Å². The molecule has 3 heterocycles. The average molecular weight is 365 g/mol. The van der Waals surface area contributed by atoms with Crippen LogP contribution in [0.15, 0.2) is 50.4 Å². The first-order valence-corrected chi connectivity index (χ1v) is 8.88. The van der Waals surface area contributed by atoms with E-state index >= 15 is 0 Å². The van der Waals surface area contributed by atoms with Gasteiger partial charge in [0, 0.05) is 12.5 Å². The lowest BCUT2D eigenvalue weighted by Gasteiger charge is -2.01. The summed E-state index contributed by atoms with van der Waals surface area (Å²) < 4.78 is 7.09. The van der Waals surface area contributed by atoms with Crippen molar-refractivity contribution < 1.29 is 4.42 Å². The first-order valence-electron chi connectivity index (χ1n) is 8.06. The first kappa shape index (κ1) is 16.4. The Hall–Kier alpha value is -3.06. The van der Waals surface area contributed by atoms with Crippen LogP contribution in [0.4, 0.5) is 0 Å². The van der Waals surface area contributed by atoms with Crippen molar-refractivity contribution >= 4 is 22.4 Å². The molecular weight excluding hydrogens is 350 g/mol. The average Bonchev–Trinajstić information content (AvgIpc) is 3.14.